The fraction of sp³-hybridized carbons (Fsp3) is 0.333. The van der Waals surface area contributed by atoms with Crippen molar-refractivity contribution in [2.75, 3.05) is 26.3 Å². The van der Waals surface area contributed by atoms with Gasteiger partial charge in [0.2, 0.25) is 0 Å². The maximum atomic E-state index is 10.8. The van der Waals surface area contributed by atoms with Gasteiger partial charge in [0.1, 0.15) is 12.4 Å². The highest BCUT2D eigenvalue weighted by molar-refractivity contribution is 5.28. The van der Waals surface area contributed by atoms with Gasteiger partial charge in [-0.2, -0.15) is 0 Å². The molecule has 3 aromatic rings. The molecule has 0 aliphatic carbocycles. The first-order valence-electron chi connectivity index (χ1n) is 11.1. The zero-order chi connectivity index (χ0) is 22.8. The molecule has 170 valence electrons. The van der Waals surface area contributed by atoms with Gasteiger partial charge in [0.25, 0.3) is 0 Å². The molecule has 5 heteroatoms. The van der Waals surface area contributed by atoms with E-state index in [1.807, 2.05) is 84.9 Å². The van der Waals surface area contributed by atoms with E-state index < -0.39 is 12.2 Å². The van der Waals surface area contributed by atoms with Crippen LogP contribution in [0.2, 0.25) is 0 Å². The highest BCUT2D eigenvalue weighted by atomic mass is 16.5. The molecule has 0 radical (unpaired) electrons. The van der Waals surface area contributed by atoms with Crippen LogP contribution < -0.4 is 4.74 Å². The minimum absolute atomic E-state index is 0.0127. The molecule has 0 spiro atoms. The molecule has 0 amide bonds. The lowest BCUT2D eigenvalue weighted by Gasteiger charge is -2.33. The Labute approximate surface area is 190 Å². The van der Waals surface area contributed by atoms with E-state index in [0.717, 1.165) is 28.9 Å². The summed E-state index contributed by atoms with van der Waals surface area (Å²) in [5.41, 5.74) is 2.87. The van der Waals surface area contributed by atoms with Crippen molar-refractivity contribution in [3.05, 3.63) is 102 Å². The summed E-state index contributed by atoms with van der Waals surface area (Å²) in [5.74, 6) is 0.728. The smallest absolute Gasteiger partial charge is 0.119 e. The first-order valence-corrected chi connectivity index (χ1v) is 11.1. The summed E-state index contributed by atoms with van der Waals surface area (Å²) in [4.78, 5) is 2.14. The lowest BCUT2D eigenvalue weighted by molar-refractivity contribution is 0.0480. The van der Waals surface area contributed by atoms with Gasteiger partial charge >= 0.3 is 0 Å². The zero-order valence-corrected chi connectivity index (χ0v) is 18.5. The third-order valence-electron chi connectivity index (χ3n) is 5.62. The molecule has 0 aromatic heterocycles. The molecule has 3 rings (SSSR count). The van der Waals surface area contributed by atoms with Gasteiger partial charge in [-0.3, -0.25) is 4.90 Å². The van der Waals surface area contributed by atoms with Gasteiger partial charge in [-0.25, -0.2) is 0 Å². The lowest BCUT2D eigenvalue weighted by atomic mass is 10.0. The van der Waals surface area contributed by atoms with Gasteiger partial charge in [-0.15, -0.1) is 0 Å². The Morgan fingerprint density at radius 3 is 1.72 bits per heavy atom. The van der Waals surface area contributed by atoms with Crippen LogP contribution in [0.3, 0.4) is 0 Å². The van der Waals surface area contributed by atoms with Crippen molar-refractivity contribution in [1.82, 2.24) is 4.90 Å². The van der Waals surface area contributed by atoms with Crippen molar-refractivity contribution >= 4 is 0 Å². The van der Waals surface area contributed by atoms with Crippen molar-refractivity contribution < 1.29 is 20.1 Å². The second kappa shape index (κ2) is 12.4. The molecule has 0 fully saturated rings. The molecular weight excluding hydrogens is 402 g/mol. The van der Waals surface area contributed by atoms with E-state index in [-0.39, 0.29) is 19.3 Å². The van der Waals surface area contributed by atoms with Crippen LogP contribution in [0, 0.1) is 0 Å². The Bertz CT molecular complexity index is 854. The number of ether oxygens (including phenoxy) is 1. The molecule has 3 atom stereocenters. The van der Waals surface area contributed by atoms with Crippen LogP contribution in [0.5, 0.6) is 5.75 Å². The summed E-state index contributed by atoms with van der Waals surface area (Å²) < 4.78 is 5.44. The van der Waals surface area contributed by atoms with Gasteiger partial charge in [0, 0.05) is 19.1 Å². The second-order valence-electron chi connectivity index (χ2n) is 8.08. The standard InChI is InChI=1S/C27H33NO4/c1-21(18-22-12-14-25(15-13-22)32-17-16-29)28(19-26(30)23-8-4-2-5-9-23)20-27(31)24-10-6-3-7-11-24/h2-15,21,26-27,29-31H,16-20H2,1H3/t21-,26+,27+/m1/s1. The van der Waals surface area contributed by atoms with Gasteiger partial charge in [-0.1, -0.05) is 72.8 Å². The van der Waals surface area contributed by atoms with E-state index in [1.54, 1.807) is 0 Å². The number of rotatable bonds is 12. The highest BCUT2D eigenvalue weighted by Gasteiger charge is 2.22. The zero-order valence-electron chi connectivity index (χ0n) is 18.5. The number of hydrogen-bond donors (Lipinski definition) is 3. The summed E-state index contributed by atoms with van der Waals surface area (Å²) in [6.45, 7) is 3.23. The van der Waals surface area contributed by atoms with E-state index in [4.69, 9.17) is 9.84 Å². The maximum absolute atomic E-state index is 10.8. The Kier molecular flexibility index (Phi) is 9.26. The largest absolute Gasteiger partial charge is 0.491 e. The van der Waals surface area contributed by atoms with Crippen molar-refractivity contribution in [2.24, 2.45) is 0 Å². The summed E-state index contributed by atoms with van der Waals surface area (Å²) in [6, 6.07) is 27.2. The lowest BCUT2D eigenvalue weighted by Crippen LogP contribution is -2.40. The van der Waals surface area contributed by atoms with E-state index in [9.17, 15) is 10.2 Å². The van der Waals surface area contributed by atoms with Crippen LogP contribution in [0.1, 0.15) is 35.8 Å². The molecule has 0 saturated carbocycles. The van der Waals surface area contributed by atoms with Crippen molar-refractivity contribution in [3.8, 4) is 5.75 Å². The van der Waals surface area contributed by atoms with Crippen molar-refractivity contribution in [1.29, 1.82) is 0 Å². The van der Waals surface area contributed by atoms with Gasteiger partial charge in [0.15, 0.2) is 0 Å². The molecule has 32 heavy (non-hydrogen) atoms. The highest BCUT2D eigenvalue weighted by Crippen LogP contribution is 2.22. The van der Waals surface area contributed by atoms with Crippen LogP contribution >= 0.6 is 0 Å². The minimum Gasteiger partial charge on any atom is -0.491 e. The Hall–Kier alpha value is -2.70. The topological polar surface area (TPSA) is 73.2 Å². The second-order valence-corrected chi connectivity index (χ2v) is 8.08. The Balaban J connectivity index is 1.71. The predicted octanol–water partition coefficient (Wildman–Crippen LogP) is 3.76. The minimum atomic E-state index is -0.643. The normalized spacial score (nSPS) is 14.2. The van der Waals surface area contributed by atoms with Crippen LogP contribution in [0.25, 0.3) is 0 Å². The molecule has 3 aromatic carbocycles. The van der Waals surface area contributed by atoms with Gasteiger partial charge in [-0.05, 0) is 42.2 Å². The Morgan fingerprint density at radius 2 is 1.25 bits per heavy atom. The van der Waals surface area contributed by atoms with Gasteiger partial charge in [0.05, 0.1) is 18.8 Å². The summed E-state index contributed by atoms with van der Waals surface area (Å²) in [6.07, 6.45) is -0.518. The van der Waals surface area contributed by atoms with Crippen molar-refractivity contribution in [3.63, 3.8) is 0 Å². The fourth-order valence-electron chi connectivity index (χ4n) is 3.80. The van der Waals surface area contributed by atoms with Gasteiger partial charge < -0.3 is 20.1 Å². The number of benzene rings is 3. The average molecular weight is 436 g/mol. The molecule has 5 nitrogen and oxygen atoms in total. The van der Waals surface area contributed by atoms with Crippen LogP contribution in [-0.4, -0.2) is 52.6 Å². The van der Waals surface area contributed by atoms with Crippen LogP contribution in [0.4, 0.5) is 0 Å². The number of hydrogen-bond acceptors (Lipinski definition) is 5. The van der Waals surface area contributed by atoms with Crippen LogP contribution in [0.15, 0.2) is 84.9 Å². The molecule has 0 heterocycles. The van der Waals surface area contributed by atoms with E-state index in [2.05, 4.69) is 11.8 Å². The molecule has 0 unspecified atom stereocenters. The van der Waals surface area contributed by atoms with E-state index in [0.29, 0.717) is 13.1 Å². The molecule has 0 bridgehead atoms. The number of aliphatic hydroxyl groups excluding tert-OH is 3. The van der Waals surface area contributed by atoms with E-state index in [1.165, 1.54) is 0 Å². The summed E-state index contributed by atoms with van der Waals surface area (Å²) in [7, 11) is 0. The first-order chi connectivity index (χ1) is 15.6. The number of nitrogens with zero attached hydrogens (tertiary/aromatic N) is 1. The molecular formula is C27H33NO4. The molecule has 0 saturated heterocycles. The number of aliphatic hydroxyl groups is 3. The average Bonchev–Trinajstić information content (AvgIpc) is 2.84. The quantitative estimate of drug-likeness (QED) is 0.404. The summed E-state index contributed by atoms with van der Waals surface area (Å²) >= 11 is 0. The monoisotopic (exact) mass is 435 g/mol. The van der Waals surface area contributed by atoms with Crippen molar-refractivity contribution in [2.45, 2.75) is 31.6 Å². The third-order valence-corrected chi connectivity index (χ3v) is 5.62. The summed E-state index contributed by atoms with van der Waals surface area (Å²) in [5, 5.41) is 30.6. The SMILES string of the molecule is C[C@H](Cc1ccc(OCCO)cc1)N(C[C@H](O)c1ccccc1)C[C@H](O)c1ccccc1. The Morgan fingerprint density at radius 1 is 0.750 bits per heavy atom. The predicted molar refractivity (Wildman–Crippen MR) is 127 cm³/mol. The van der Waals surface area contributed by atoms with Crippen LogP contribution in [-0.2, 0) is 6.42 Å². The first kappa shape index (κ1) is 24.0. The third kappa shape index (κ3) is 7.18. The molecule has 0 aliphatic rings. The molecule has 0 aliphatic heterocycles. The van der Waals surface area contributed by atoms with E-state index >= 15 is 0 Å². The molecule has 3 N–H and O–H groups in total. The maximum Gasteiger partial charge on any atom is 0.119 e. The fourth-order valence-corrected chi connectivity index (χ4v) is 3.80.